The van der Waals surface area contributed by atoms with Gasteiger partial charge in [-0.25, -0.2) is 4.98 Å². The molecule has 0 bridgehead atoms. The minimum absolute atomic E-state index is 0.224. The Labute approximate surface area is 114 Å². The second-order valence-electron chi connectivity index (χ2n) is 3.62. The maximum absolute atomic E-state index is 11.1. The molecule has 94 valence electrons. The number of thiazole rings is 1. The molecule has 3 nitrogen and oxygen atoms in total. The number of thioether (sulfide) groups is 1. The molecule has 0 spiro atoms. The highest BCUT2D eigenvalue weighted by atomic mass is 32.2. The van der Waals surface area contributed by atoms with Crippen LogP contribution in [0.1, 0.15) is 10.4 Å². The van der Waals surface area contributed by atoms with Gasteiger partial charge in [-0.05, 0) is 5.56 Å². The Morgan fingerprint density at radius 3 is 2.89 bits per heavy atom. The SMILES string of the molecule is COC(=O)Cc1cnc(SCc2ccccc2)s1. The van der Waals surface area contributed by atoms with Crippen LogP contribution in [0.2, 0.25) is 0 Å². The summed E-state index contributed by atoms with van der Waals surface area (Å²) in [4.78, 5) is 16.4. The number of nitrogens with zero attached hydrogens (tertiary/aromatic N) is 1. The van der Waals surface area contributed by atoms with Gasteiger partial charge in [0, 0.05) is 16.8 Å². The van der Waals surface area contributed by atoms with Crippen molar-refractivity contribution in [2.24, 2.45) is 0 Å². The first kappa shape index (κ1) is 13.1. The molecular weight excluding hydrogens is 266 g/mol. The quantitative estimate of drug-likeness (QED) is 0.622. The average Bonchev–Trinajstić information content (AvgIpc) is 2.85. The van der Waals surface area contributed by atoms with Crippen molar-refractivity contribution in [3.8, 4) is 0 Å². The standard InChI is InChI=1S/C13H13NO2S2/c1-16-12(15)7-11-8-14-13(18-11)17-9-10-5-3-2-4-6-10/h2-6,8H,7,9H2,1H3. The summed E-state index contributed by atoms with van der Waals surface area (Å²) in [5, 5.41) is 0. The number of methoxy groups -OCH3 is 1. The molecule has 1 aromatic heterocycles. The van der Waals surface area contributed by atoms with E-state index >= 15 is 0 Å². The minimum Gasteiger partial charge on any atom is -0.469 e. The van der Waals surface area contributed by atoms with E-state index in [9.17, 15) is 4.79 Å². The Kier molecular flexibility index (Phi) is 4.78. The fourth-order valence-corrected chi connectivity index (χ4v) is 3.34. The molecule has 2 rings (SSSR count). The van der Waals surface area contributed by atoms with Gasteiger partial charge < -0.3 is 4.74 Å². The first-order valence-corrected chi connectivity index (χ1v) is 7.26. The maximum atomic E-state index is 11.1. The van der Waals surface area contributed by atoms with E-state index in [1.807, 2.05) is 18.2 Å². The zero-order chi connectivity index (χ0) is 12.8. The van der Waals surface area contributed by atoms with Gasteiger partial charge in [-0.1, -0.05) is 42.1 Å². The van der Waals surface area contributed by atoms with Crippen molar-refractivity contribution in [2.75, 3.05) is 7.11 Å². The second-order valence-corrected chi connectivity index (χ2v) is 5.96. The second kappa shape index (κ2) is 6.56. The first-order chi connectivity index (χ1) is 8.78. The predicted octanol–water partition coefficient (Wildman–Crippen LogP) is 3.15. The van der Waals surface area contributed by atoms with Crippen molar-refractivity contribution < 1.29 is 9.53 Å². The smallest absolute Gasteiger partial charge is 0.310 e. The molecular formula is C13H13NO2S2. The molecule has 5 heteroatoms. The molecule has 0 saturated carbocycles. The molecule has 2 aromatic rings. The van der Waals surface area contributed by atoms with Gasteiger partial charge in [-0.15, -0.1) is 11.3 Å². The third-order valence-corrected chi connectivity index (χ3v) is 4.51. The number of carbonyl (C=O) groups excluding carboxylic acids is 1. The van der Waals surface area contributed by atoms with Crippen molar-refractivity contribution in [3.05, 3.63) is 47.0 Å². The number of carbonyl (C=O) groups is 1. The van der Waals surface area contributed by atoms with E-state index in [-0.39, 0.29) is 5.97 Å². The lowest BCUT2D eigenvalue weighted by Gasteiger charge is -1.97. The molecule has 0 aliphatic carbocycles. The topological polar surface area (TPSA) is 39.2 Å². The fraction of sp³-hybridized carbons (Fsp3) is 0.231. The van der Waals surface area contributed by atoms with Gasteiger partial charge in [0.2, 0.25) is 0 Å². The van der Waals surface area contributed by atoms with Crippen LogP contribution in [0.4, 0.5) is 0 Å². The molecule has 0 unspecified atom stereocenters. The molecule has 18 heavy (non-hydrogen) atoms. The van der Waals surface area contributed by atoms with Crippen LogP contribution in [0.3, 0.4) is 0 Å². The van der Waals surface area contributed by atoms with E-state index < -0.39 is 0 Å². The molecule has 0 saturated heterocycles. The van der Waals surface area contributed by atoms with Gasteiger partial charge in [-0.3, -0.25) is 4.79 Å². The van der Waals surface area contributed by atoms with Crippen molar-refractivity contribution in [3.63, 3.8) is 0 Å². The van der Waals surface area contributed by atoms with E-state index in [0.717, 1.165) is 15.0 Å². The summed E-state index contributed by atoms with van der Waals surface area (Å²) < 4.78 is 5.61. The number of benzene rings is 1. The average molecular weight is 279 g/mol. The van der Waals surface area contributed by atoms with Crippen LogP contribution in [0.25, 0.3) is 0 Å². The molecule has 1 aromatic carbocycles. The Balaban J connectivity index is 1.89. The summed E-state index contributed by atoms with van der Waals surface area (Å²) in [5.74, 6) is 0.671. The van der Waals surface area contributed by atoms with E-state index in [1.165, 1.54) is 12.7 Å². The van der Waals surface area contributed by atoms with Crippen LogP contribution in [0.5, 0.6) is 0 Å². The fourth-order valence-electron chi connectivity index (χ4n) is 1.37. The van der Waals surface area contributed by atoms with Crippen molar-refractivity contribution in [1.82, 2.24) is 4.98 Å². The van der Waals surface area contributed by atoms with Crippen molar-refractivity contribution in [1.29, 1.82) is 0 Å². The maximum Gasteiger partial charge on any atom is 0.310 e. The number of rotatable bonds is 5. The number of aromatic nitrogens is 1. The molecule has 0 radical (unpaired) electrons. The molecule has 0 N–H and O–H groups in total. The number of esters is 1. The summed E-state index contributed by atoms with van der Waals surface area (Å²) in [6.45, 7) is 0. The van der Waals surface area contributed by atoms with Crippen LogP contribution in [0, 0.1) is 0 Å². The Bertz CT molecular complexity index is 511. The summed E-state index contributed by atoms with van der Waals surface area (Å²) in [6.07, 6.45) is 2.05. The molecule has 0 atom stereocenters. The zero-order valence-corrected chi connectivity index (χ0v) is 11.6. The zero-order valence-electron chi connectivity index (χ0n) is 9.96. The van der Waals surface area contributed by atoms with E-state index in [2.05, 4.69) is 21.9 Å². The lowest BCUT2D eigenvalue weighted by Crippen LogP contribution is -2.02. The summed E-state index contributed by atoms with van der Waals surface area (Å²) in [6, 6.07) is 10.2. The number of hydrogen-bond donors (Lipinski definition) is 0. The van der Waals surface area contributed by atoms with Gasteiger partial charge >= 0.3 is 5.97 Å². The number of hydrogen-bond acceptors (Lipinski definition) is 5. The molecule has 0 aliphatic rings. The molecule has 0 amide bonds. The Morgan fingerprint density at radius 1 is 1.39 bits per heavy atom. The highest BCUT2D eigenvalue weighted by Gasteiger charge is 2.07. The summed E-state index contributed by atoms with van der Waals surface area (Å²) >= 11 is 3.23. The highest BCUT2D eigenvalue weighted by Crippen LogP contribution is 2.27. The monoisotopic (exact) mass is 279 g/mol. The lowest BCUT2D eigenvalue weighted by atomic mass is 10.2. The summed E-state index contributed by atoms with van der Waals surface area (Å²) in [5.41, 5.74) is 1.27. The number of ether oxygens (including phenoxy) is 1. The van der Waals surface area contributed by atoms with Gasteiger partial charge in [-0.2, -0.15) is 0 Å². The van der Waals surface area contributed by atoms with Crippen molar-refractivity contribution >= 4 is 29.1 Å². The normalized spacial score (nSPS) is 10.3. The Hall–Kier alpha value is -1.33. The van der Waals surface area contributed by atoms with Crippen LogP contribution in [0.15, 0.2) is 40.9 Å². The highest BCUT2D eigenvalue weighted by molar-refractivity contribution is 8.00. The third-order valence-electron chi connectivity index (χ3n) is 2.28. The first-order valence-electron chi connectivity index (χ1n) is 5.46. The molecule has 0 aliphatic heterocycles. The van der Waals surface area contributed by atoms with Gasteiger partial charge in [0.15, 0.2) is 0 Å². The van der Waals surface area contributed by atoms with Gasteiger partial charge in [0.1, 0.15) is 4.34 Å². The Morgan fingerprint density at radius 2 is 2.17 bits per heavy atom. The van der Waals surface area contributed by atoms with Crippen molar-refractivity contribution in [2.45, 2.75) is 16.5 Å². The van der Waals surface area contributed by atoms with Gasteiger partial charge in [0.25, 0.3) is 0 Å². The van der Waals surface area contributed by atoms with E-state index in [0.29, 0.717) is 6.42 Å². The summed E-state index contributed by atoms with van der Waals surface area (Å²) in [7, 11) is 1.40. The largest absolute Gasteiger partial charge is 0.469 e. The minimum atomic E-state index is -0.224. The van der Waals surface area contributed by atoms with E-state index in [4.69, 9.17) is 0 Å². The predicted molar refractivity (Wildman–Crippen MR) is 73.8 cm³/mol. The van der Waals surface area contributed by atoms with E-state index in [1.54, 1.807) is 29.3 Å². The van der Waals surface area contributed by atoms with Crippen LogP contribution in [-0.4, -0.2) is 18.1 Å². The van der Waals surface area contributed by atoms with Crippen LogP contribution in [-0.2, 0) is 21.7 Å². The van der Waals surface area contributed by atoms with Gasteiger partial charge in [0.05, 0.1) is 13.5 Å². The molecule has 1 heterocycles. The van der Waals surface area contributed by atoms with Crippen LogP contribution >= 0.6 is 23.1 Å². The van der Waals surface area contributed by atoms with Crippen LogP contribution < -0.4 is 0 Å². The lowest BCUT2D eigenvalue weighted by molar-refractivity contribution is -0.139. The molecule has 0 fully saturated rings. The third kappa shape index (κ3) is 3.85.